The van der Waals surface area contributed by atoms with Crippen LogP contribution in [0, 0.1) is 6.92 Å². The topological polar surface area (TPSA) is 64.9 Å². The van der Waals surface area contributed by atoms with Crippen molar-refractivity contribution in [2.24, 2.45) is 0 Å². The first-order valence-electron chi connectivity index (χ1n) is 7.46. The fraction of sp³-hybridized carbons (Fsp3) is 0.533. The molecule has 1 saturated heterocycles. The molecule has 0 bridgehead atoms. The molecule has 0 radical (unpaired) electrons. The maximum absolute atomic E-state index is 5.97. The number of aryl methyl sites for hydroxylation is 2. The first kappa shape index (κ1) is 14.0. The van der Waals surface area contributed by atoms with Gasteiger partial charge in [0.1, 0.15) is 6.10 Å². The Morgan fingerprint density at radius 2 is 2.38 bits per heavy atom. The van der Waals surface area contributed by atoms with Gasteiger partial charge in [-0.05, 0) is 32.8 Å². The largest absolute Gasteiger partial charge is 0.371 e. The zero-order valence-electron chi connectivity index (χ0n) is 12.5. The van der Waals surface area contributed by atoms with E-state index in [4.69, 9.17) is 4.74 Å². The van der Waals surface area contributed by atoms with Crippen LogP contribution in [-0.4, -0.2) is 32.4 Å². The average molecular weight is 287 g/mol. The molecule has 2 aromatic rings. The van der Waals surface area contributed by atoms with Gasteiger partial charge in [0.15, 0.2) is 0 Å². The Labute approximate surface area is 124 Å². The van der Waals surface area contributed by atoms with E-state index in [0.29, 0.717) is 5.95 Å². The lowest BCUT2D eigenvalue weighted by Gasteiger charge is -2.31. The third-order valence-corrected chi connectivity index (χ3v) is 3.74. The molecule has 3 rings (SSSR count). The summed E-state index contributed by atoms with van der Waals surface area (Å²) in [6, 6.07) is 2.07. The standard InChI is InChI=1S/C15H21N5O/c1-3-20-10-12(9-17-20)14-13(5-4-8-21-14)19-15-16-7-6-11(2)18-15/h6-7,9-10,13-14H,3-5,8H2,1-2H3,(H,16,18,19)/t13-,14+/m0/s1. The number of nitrogens with one attached hydrogen (secondary N) is 1. The highest BCUT2D eigenvalue weighted by Gasteiger charge is 2.29. The minimum atomic E-state index is 0.00293. The van der Waals surface area contributed by atoms with Crippen LogP contribution in [0.15, 0.2) is 24.7 Å². The Balaban J connectivity index is 1.78. The first-order chi connectivity index (χ1) is 10.3. The van der Waals surface area contributed by atoms with Crippen LogP contribution >= 0.6 is 0 Å². The van der Waals surface area contributed by atoms with Gasteiger partial charge in [-0.1, -0.05) is 0 Å². The van der Waals surface area contributed by atoms with Gasteiger partial charge in [-0.3, -0.25) is 4.68 Å². The molecule has 21 heavy (non-hydrogen) atoms. The van der Waals surface area contributed by atoms with Crippen molar-refractivity contribution in [3.63, 3.8) is 0 Å². The molecule has 0 amide bonds. The molecule has 1 N–H and O–H groups in total. The minimum Gasteiger partial charge on any atom is -0.371 e. The van der Waals surface area contributed by atoms with Crippen LogP contribution in [0.2, 0.25) is 0 Å². The molecule has 3 heterocycles. The predicted octanol–water partition coefficient (Wildman–Crippen LogP) is 2.33. The van der Waals surface area contributed by atoms with Crippen LogP contribution in [0.1, 0.15) is 37.1 Å². The number of hydrogen-bond donors (Lipinski definition) is 1. The second-order valence-corrected chi connectivity index (χ2v) is 5.34. The number of hydrogen-bond acceptors (Lipinski definition) is 5. The van der Waals surface area contributed by atoms with Crippen LogP contribution in [0.25, 0.3) is 0 Å². The van der Waals surface area contributed by atoms with Gasteiger partial charge in [-0.25, -0.2) is 9.97 Å². The Bertz CT molecular complexity index is 597. The van der Waals surface area contributed by atoms with Crippen LogP contribution in [0.4, 0.5) is 5.95 Å². The first-order valence-corrected chi connectivity index (χ1v) is 7.46. The van der Waals surface area contributed by atoms with Crippen molar-refractivity contribution in [1.29, 1.82) is 0 Å². The van der Waals surface area contributed by atoms with E-state index in [9.17, 15) is 0 Å². The van der Waals surface area contributed by atoms with E-state index < -0.39 is 0 Å². The zero-order valence-corrected chi connectivity index (χ0v) is 12.5. The molecule has 0 aliphatic carbocycles. The Morgan fingerprint density at radius 1 is 1.48 bits per heavy atom. The summed E-state index contributed by atoms with van der Waals surface area (Å²) in [5.41, 5.74) is 2.07. The normalized spacial score (nSPS) is 22.2. The third kappa shape index (κ3) is 3.21. The summed E-state index contributed by atoms with van der Waals surface area (Å²) in [4.78, 5) is 8.70. The fourth-order valence-corrected chi connectivity index (χ4v) is 2.64. The summed E-state index contributed by atoms with van der Waals surface area (Å²) in [5.74, 6) is 0.665. The lowest BCUT2D eigenvalue weighted by molar-refractivity contribution is 0.00540. The molecule has 0 aromatic carbocycles. The molecule has 112 valence electrons. The van der Waals surface area contributed by atoms with Gasteiger partial charge in [0.25, 0.3) is 0 Å². The number of rotatable bonds is 4. The molecule has 1 aliphatic heterocycles. The highest BCUT2D eigenvalue weighted by Crippen LogP contribution is 2.29. The van der Waals surface area contributed by atoms with Gasteiger partial charge in [0.05, 0.1) is 12.2 Å². The number of ether oxygens (including phenoxy) is 1. The molecule has 0 spiro atoms. The van der Waals surface area contributed by atoms with Gasteiger partial charge in [0, 0.05) is 36.8 Å². The smallest absolute Gasteiger partial charge is 0.223 e. The van der Waals surface area contributed by atoms with Crippen LogP contribution in [0.5, 0.6) is 0 Å². The van der Waals surface area contributed by atoms with E-state index in [1.807, 2.05) is 23.9 Å². The van der Waals surface area contributed by atoms with E-state index >= 15 is 0 Å². The molecule has 6 nitrogen and oxygen atoms in total. The van der Waals surface area contributed by atoms with Crippen molar-refractivity contribution in [2.75, 3.05) is 11.9 Å². The van der Waals surface area contributed by atoms with E-state index in [-0.39, 0.29) is 12.1 Å². The highest BCUT2D eigenvalue weighted by molar-refractivity contribution is 5.29. The summed E-state index contributed by atoms with van der Waals surface area (Å²) in [6.45, 7) is 5.70. The molecule has 1 fully saturated rings. The van der Waals surface area contributed by atoms with Gasteiger partial charge < -0.3 is 10.1 Å². The number of anilines is 1. The summed E-state index contributed by atoms with van der Waals surface area (Å²) in [6.07, 6.45) is 7.82. The van der Waals surface area contributed by atoms with Gasteiger partial charge in [-0.2, -0.15) is 5.10 Å². The Morgan fingerprint density at radius 3 is 3.14 bits per heavy atom. The molecular weight excluding hydrogens is 266 g/mol. The molecular formula is C15H21N5O. The Hall–Kier alpha value is -1.95. The van der Waals surface area contributed by atoms with E-state index in [1.54, 1.807) is 6.20 Å². The van der Waals surface area contributed by atoms with E-state index in [2.05, 4.69) is 33.5 Å². The molecule has 1 aliphatic rings. The molecule has 2 aromatic heterocycles. The van der Waals surface area contributed by atoms with Crippen LogP contribution in [0.3, 0.4) is 0 Å². The monoisotopic (exact) mass is 287 g/mol. The SMILES string of the molecule is CCn1cc([C@H]2OCCC[C@@H]2Nc2nccc(C)n2)cn1. The van der Waals surface area contributed by atoms with Crippen molar-refractivity contribution >= 4 is 5.95 Å². The summed E-state index contributed by atoms with van der Waals surface area (Å²) in [7, 11) is 0. The van der Waals surface area contributed by atoms with Crippen molar-refractivity contribution in [2.45, 2.75) is 45.4 Å². The lowest BCUT2D eigenvalue weighted by atomic mass is 9.98. The summed E-state index contributed by atoms with van der Waals surface area (Å²) >= 11 is 0. The second-order valence-electron chi connectivity index (χ2n) is 5.34. The fourth-order valence-electron chi connectivity index (χ4n) is 2.64. The quantitative estimate of drug-likeness (QED) is 0.935. The van der Waals surface area contributed by atoms with Crippen molar-refractivity contribution in [3.8, 4) is 0 Å². The van der Waals surface area contributed by atoms with Gasteiger partial charge in [-0.15, -0.1) is 0 Å². The zero-order chi connectivity index (χ0) is 14.7. The highest BCUT2D eigenvalue weighted by atomic mass is 16.5. The summed E-state index contributed by atoms with van der Waals surface area (Å²) < 4.78 is 7.89. The average Bonchev–Trinajstić information content (AvgIpc) is 2.97. The summed E-state index contributed by atoms with van der Waals surface area (Å²) in [5, 5.41) is 7.76. The predicted molar refractivity (Wildman–Crippen MR) is 80.0 cm³/mol. The molecule has 0 unspecified atom stereocenters. The van der Waals surface area contributed by atoms with Gasteiger partial charge >= 0.3 is 0 Å². The lowest BCUT2D eigenvalue weighted by Crippen LogP contribution is -2.34. The van der Waals surface area contributed by atoms with Crippen LogP contribution < -0.4 is 5.32 Å². The van der Waals surface area contributed by atoms with E-state index in [0.717, 1.165) is 37.3 Å². The van der Waals surface area contributed by atoms with Crippen molar-refractivity contribution < 1.29 is 4.74 Å². The van der Waals surface area contributed by atoms with E-state index in [1.165, 1.54) is 0 Å². The molecule has 6 heteroatoms. The van der Waals surface area contributed by atoms with Crippen LogP contribution in [-0.2, 0) is 11.3 Å². The second kappa shape index (κ2) is 6.22. The molecule has 0 saturated carbocycles. The maximum Gasteiger partial charge on any atom is 0.223 e. The van der Waals surface area contributed by atoms with Gasteiger partial charge in [0.2, 0.25) is 5.95 Å². The van der Waals surface area contributed by atoms with Crippen molar-refractivity contribution in [3.05, 3.63) is 35.9 Å². The minimum absolute atomic E-state index is 0.00293. The third-order valence-electron chi connectivity index (χ3n) is 3.74. The Kier molecular flexibility index (Phi) is 4.15. The number of nitrogens with zero attached hydrogens (tertiary/aromatic N) is 4. The molecule has 2 atom stereocenters. The maximum atomic E-state index is 5.97. The van der Waals surface area contributed by atoms with Crippen molar-refractivity contribution in [1.82, 2.24) is 19.7 Å². The number of aromatic nitrogens is 4.